The zero-order valence-electron chi connectivity index (χ0n) is 13.0. The molecular weight excluding hydrogens is 296 g/mol. The Morgan fingerprint density at radius 2 is 1.91 bits per heavy atom. The summed E-state index contributed by atoms with van der Waals surface area (Å²) in [5, 5.41) is 11.5. The van der Waals surface area contributed by atoms with Gasteiger partial charge in [0.2, 0.25) is 0 Å². The van der Waals surface area contributed by atoms with Gasteiger partial charge in [0.15, 0.2) is 5.78 Å². The molecule has 0 bridgehead atoms. The maximum atomic E-state index is 12.7. The molecular formula is C17H18N2O4. The van der Waals surface area contributed by atoms with E-state index < -0.39 is 10.8 Å². The highest BCUT2D eigenvalue weighted by molar-refractivity contribution is 5.99. The molecule has 120 valence electrons. The normalized spacial score (nSPS) is 23.4. The summed E-state index contributed by atoms with van der Waals surface area (Å²) < 4.78 is 5.50. The van der Waals surface area contributed by atoms with Crippen LogP contribution < -0.4 is 5.73 Å². The van der Waals surface area contributed by atoms with Crippen LogP contribution in [0.3, 0.4) is 0 Å². The summed E-state index contributed by atoms with van der Waals surface area (Å²) in [7, 11) is 0. The first-order valence-electron chi connectivity index (χ1n) is 7.43. The van der Waals surface area contributed by atoms with Gasteiger partial charge in [-0.05, 0) is 11.0 Å². The summed E-state index contributed by atoms with van der Waals surface area (Å²) in [4.78, 5) is 23.6. The molecule has 0 spiro atoms. The lowest BCUT2D eigenvalue weighted by Crippen LogP contribution is -2.35. The lowest BCUT2D eigenvalue weighted by molar-refractivity contribution is -0.433. The minimum atomic E-state index is -0.779. The molecule has 1 atom stereocenters. The van der Waals surface area contributed by atoms with Gasteiger partial charge in [-0.15, -0.1) is 0 Å². The van der Waals surface area contributed by atoms with Gasteiger partial charge in [0.05, 0.1) is 10.5 Å². The zero-order chi connectivity index (χ0) is 16.8. The van der Waals surface area contributed by atoms with E-state index in [2.05, 4.69) is 0 Å². The average molecular weight is 314 g/mol. The number of hydrogen-bond acceptors (Lipinski definition) is 5. The van der Waals surface area contributed by atoms with Crippen LogP contribution in [0.25, 0.3) is 0 Å². The van der Waals surface area contributed by atoms with Gasteiger partial charge in [0.1, 0.15) is 11.7 Å². The number of ether oxygens (including phenoxy) is 1. The summed E-state index contributed by atoms with van der Waals surface area (Å²) in [5.74, 6) is -0.660. The van der Waals surface area contributed by atoms with E-state index in [1.165, 1.54) is 0 Å². The molecule has 6 nitrogen and oxygen atoms in total. The fourth-order valence-electron chi connectivity index (χ4n) is 3.32. The summed E-state index contributed by atoms with van der Waals surface area (Å²) in [6.07, 6.45) is 0.868. The van der Waals surface area contributed by atoms with Crippen LogP contribution in [-0.2, 0) is 9.53 Å². The highest BCUT2D eigenvalue weighted by atomic mass is 16.6. The van der Waals surface area contributed by atoms with Gasteiger partial charge in [0, 0.05) is 12.8 Å². The predicted octanol–water partition coefficient (Wildman–Crippen LogP) is 2.85. The van der Waals surface area contributed by atoms with Gasteiger partial charge < -0.3 is 10.5 Å². The van der Waals surface area contributed by atoms with Gasteiger partial charge in [0.25, 0.3) is 5.88 Å². The third kappa shape index (κ3) is 2.60. The number of hydrogen-bond donors (Lipinski definition) is 1. The monoisotopic (exact) mass is 314 g/mol. The summed E-state index contributed by atoms with van der Waals surface area (Å²) >= 11 is 0. The minimum absolute atomic E-state index is 0.114. The molecule has 1 aliphatic carbocycles. The second-order valence-corrected chi connectivity index (χ2v) is 6.73. The summed E-state index contributed by atoms with van der Waals surface area (Å²) in [5.41, 5.74) is 6.36. The molecule has 1 aromatic carbocycles. The molecule has 2 N–H and O–H groups in total. The van der Waals surface area contributed by atoms with Gasteiger partial charge in [-0.2, -0.15) is 0 Å². The highest BCUT2D eigenvalue weighted by Crippen LogP contribution is 2.47. The van der Waals surface area contributed by atoms with Crippen LogP contribution in [0.15, 0.2) is 53.2 Å². The van der Waals surface area contributed by atoms with E-state index in [1.54, 1.807) is 24.3 Å². The molecule has 1 aliphatic heterocycles. The molecule has 0 fully saturated rings. The Bertz CT molecular complexity index is 747. The third-order valence-corrected chi connectivity index (χ3v) is 4.26. The van der Waals surface area contributed by atoms with Crippen molar-refractivity contribution in [3.8, 4) is 0 Å². The molecule has 1 heterocycles. The van der Waals surface area contributed by atoms with Crippen molar-refractivity contribution in [1.29, 1.82) is 0 Å². The Morgan fingerprint density at radius 1 is 1.26 bits per heavy atom. The number of nitrogens with zero attached hydrogens (tertiary/aromatic N) is 1. The van der Waals surface area contributed by atoms with Crippen molar-refractivity contribution in [2.75, 3.05) is 0 Å². The molecule has 0 radical (unpaired) electrons. The minimum Gasteiger partial charge on any atom is -0.440 e. The van der Waals surface area contributed by atoms with Crippen LogP contribution in [0, 0.1) is 15.5 Å². The first-order valence-corrected chi connectivity index (χ1v) is 7.43. The Labute approximate surface area is 133 Å². The molecule has 23 heavy (non-hydrogen) atoms. The lowest BCUT2D eigenvalue weighted by Gasteiger charge is -2.36. The topological polar surface area (TPSA) is 95.5 Å². The van der Waals surface area contributed by atoms with E-state index in [9.17, 15) is 14.9 Å². The molecule has 1 aromatic rings. The molecule has 2 aliphatic rings. The van der Waals surface area contributed by atoms with Crippen molar-refractivity contribution in [3.63, 3.8) is 0 Å². The van der Waals surface area contributed by atoms with E-state index in [1.807, 2.05) is 19.9 Å². The van der Waals surface area contributed by atoms with Crippen molar-refractivity contribution in [2.24, 2.45) is 11.1 Å². The van der Waals surface area contributed by atoms with Gasteiger partial charge in [-0.3, -0.25) is 14.9 Å². The molecule has 0 saturated carbocycles. The van der Waals surface area contributed by atoms with Crippen molar-refractivity contribution in [3.05, 3.63) is 68.9 Å². The van der Waals surface area contributed by atoms with Crippen LogP contribution in [0.5, 0.6) is 0 Å². The maximum Gasteiger partial charge on any atom is 0.317 e. The second-order valence-electron chi connectivity index (χ2n) is 6.73. The number of rotatable bonds is 2. The first-order chi connectivity index (χ1) is 10.8. The number of allylic oxidation sites excluding steroid dienone is 2. The highest BCUT2D eigenvalue weighted by Gasteiger charge is 2.47. The quantitative estimate of drug-likeness (QED) is 0.669. The number of nitrogens with two attached hydrogens (primary N) is 1. The van der Waals surface area contributed by atoms with E-state index in [4.69, 9.17) is 10.5 Å². The molecule has 0 saturated heterocycles. The number of carbonyl (C=O) groups excluding carboxylic acids is 1. The summed E-state index contributed by atoms with van der Waals surface area (Å²) in [6, 6.07) is 8.93. The van der Waals surface area contributed by atoms with E-state index in [0.29, 0.717) is 29.7 Å². The Morgan fingerprint density at radius 3 is 2.52 bits per heavy atom. The standard InChI is InChI=1S/C17H18N2O4/c1-17(2)8-11(20)14-12(9-17)23-16(18)15(19(21)22)13(14)10-6-4-3-5-7-10/h3-7,13H,8-9,18H2,1-2H3/t13-/m1/s1. The third-order valence-electron chi connectivity index (χ3n) is 4.26. The van der Waals surface area contributed by atoms with Gasteiger partial charge >= 0.3 is 5.70 Å². The SMILES string of the molecule is CC1(C)CC(=O)C2=C(C1)OC(N)=C([N+](=O)[O-])[C@@H]2c1ccccc1. The number of carbonyl (C=O) groups is 1. The fraction of sp³-hybridized carbons (Fsp3) is 0.353. The number of benzene rings is 1. The number of nitro groups is 1. The van der Waals surface area contributed by atoms with Crippen molar-refractivity contribution in [1.82, 2.24) is 0 Å². The largest absolute Gasteiger partial charge is 0.440 e. The molecule has 3 rings (SSSR count). The number of ketones is 1. The Kier molecular flexibility index (Phi) is 3.47. The van der Waals surface area contributed by atoms with Gasteiger partial charge in [-0.25, -0.2) is 0 Å². The molecule has 6 heteroatoms. The smallest absolute Gasteiger partial charge is 0.317 e. The fourth-order valence-corrected chi connectivity index (χ4v) is 3.32. The van der Waals surface area contributed by atoms with Crippen LogP contribution in [0.2, 0.25) is 0 Å². The maximum absolute atomic E-state index is 12.7. The molecule has 0 aromatic heterocycles. The number of Topliss-reactive ketones (excluding diaryl/α,β-unsaturated/α-hetero) is 1. The Balaban J connectivity index is 2.20. The van der Waals surface area contributed by atoms with Crippen LogP contribution in [-0.4, -0.2) is 10.7 Å². The van der Waals surface area contributed by atoms with E-state index in [-0.39, 0.29) is 22.8 Å². The average Bonchev–Trinajstić information content (AvgIpc) is 2.44. The Hall–Kier alpha value is -2.63. The van der Waals surface area contributed by atoms with Crippen molar-refractivity contribution in [2.45, 2.75) is 32.6 Å². The first kappa shape index (κ1) is 15.3. The molecule has 0 unspecified atom stereocenters. The zero-order valence-corrected chi connectivity index (χ0v) is 13.0. The van der Waals surface area contributed by atoms with E-state index >= 15 is 0 Å². The predicted molar refractivity (Wildman–Crippen MR) is 83.5 cm³/mol. The van der Waals surface area contributed by atoms with Gasteiger partial charge in [-0.1, -0.05) is 44.2 Å². The van der Waals surface area contributed by atoms with Crippen LogP contribution >= 0.6 is 0 Å². The second kappa shape index (κ2) is 5.22. The lowest BCUT2D eigenvalue weighted by atomic mass is 9.71. The van der Waals surface area contributed by atoms with Crippen molar-refractivity contribution < 1.29 is 14.5 Å². The van der Waals surface area contributed by atoms with Crippen molar-refractivity contribution >= 4 is 5.78 Å². The summed E-state index contributed by atoms with van der Waals surface area (Å²) in [6.45, 7) is 3.94. The van der Waals surface area contributed by atoms with Crippen LogP contribution in [0.1, 0.15) is 38.2 Å². The van der Waals surface area contributed by atoms with E-state index in [0.717, 1.165) is 0 Å². The molecule has 0 amide bonds. The van der Waals surface area contributed by atoms with Crippen LogP contribution in [0.4, 0.5) is 0 Å².